The molecule has 2 amide bonds. The number of nitrogens with zero attached hydrogens (tertiary/aromatic N) is 2. The Morgan fingerprint density at radius 2 is 1.11 bits per heavy atom. The summed E-state index contributed by atoms with van der Waals surface area (Å²) in [6, 6.07) is 10.3. The van der Waals surface area contributed by atoms with Crippen LogP contribution in [0.3, 0.4) is 0 Å². The second kappa shape index (κ2) is 10.5. The second-order valence-electron chi connectivity index (χ2n) is 5.45. The van der Waals surface area contributed by atoms with E-state index in [0.717, 1.165) is 0 Å². The van der Waals surface area contributed by atoms with Gasteiger partial charge in [-0.25, -0.2) is 19.6 Å². The van der Waals surface area contributed by atoms with E-state index in [0.29, 0.717) is 30.4 Å². The molecule has 0 aliphatic heterocycles. The summed E-state index contributed by atoms with van der Waals surface area (Å²) in [7, 11) is 0. The summed E-state index contributed by atoms with van der Waals surface area (Å²) < 4.78 is 25.5. The van der Waals surface area contributed by atoms with E-state index in [1.165, 1.54) is 48.5 Å². The van der Waals surface area contributed by atoms with E-state index < -0.39 is 23.4 Å². The normalized spacial score (nSPS) is 11.0. The average molecular weight is 372 g/mol. The topological polar surface area (TPSA) is 82.9 Å². The van der Waals surface area contributed by atoms with Gasteiger partial charge in [0.25, 0.3) is 11.8 Å². The van der Waals surface area contributed by atoms with Gasteiger partial charge >= 0.3 is 0 Å². The molecule has 6 nitrogen and oxygen atoms in total. The first kappa shape index (κ1) is 19.9. The quantitative estimate of drug-likeness (QED) is 0.424. The molecule has 8 heteroatoms. The molecule has 0 fully saturated rings. The first-order valence-electron chi connectivity index (χ1n) is 8.21. The SMILES string of the molecule is O=C(NN=CCCCC=NNC(=O)c1ccc(F)cc1)c1ccc(F)cc1. The Labute approximate surface area is 155 Å². The summed E-state index contributed by atoms with van der Waals surface area (Å²) in [5.41, 5.74) is 5.33. The van der Waals surface area contributed by atoms with Gasteiger partial charge in [-0.05, 0) is 67.8 Å². The van der Waals surface area contributed by atoms with Crippen LogP contribution < -0.4 is 10.9 Å². The third-order valence-corrected chi connectivity index (χ3v) is 3.39. The monoisotopic (exact) mass is 372 g/mol. The maximum atomic E-state index is 12.8. The van der Waals surface area contributed by atoms with Crippen LogP contribution in [0, 0.1) is 11.6 Å². The van der Waals surface area contributed by atoms with Gasteiger partial charge in [-0.1, -0.05) is 0 Å². The number of carbonyl (C=O) groups is 2. The average Bonchev–Trinajstić information content (AvgIpc) is 2.67. The molecule has 0 aliphatic carbocycles. The molecule has 0 saturated carbocycles. The van der Waals surface area contributed by atoms with Crippen molar-refractivity contribution in [1.82, 2.24) is 10.9 Å². The Bertz CT molecular complexity index is 749. The molecule has 0 radical (unpaired) electrons. The molecular weight excluding hydrogens is 354 g/mol. The summed E-state index contributed by atoms with van der Waals surface area (Å²) in [6.45, 7) is 0. The Morgan fingerprint density at radius 1 is 0.741 bits per heavy atom. The van der Waals surface area contributed by atoms with E-state index in [1.807, 2.05) is 0 Å². The Kier molecular flexibility index (Phi) is 7.77. The maximum absolute atomic E-state index is 12.8. The standard InChI is InChI=1S/C19H18F2N4O2/c20-16-8-4-14(5-9-16)18(26)24-22-12-2-1-3-13-23-25-19(27)15-6-10-17(21)11-7-15/h4-13H,1-3H2,(H,24,26)(H,25,27). The number of hydrogen-bond donors (Lipinski definition) is 2. The van der Waals surface area contributed by atoms with E-state index >= 15 is 0 Å². The molecule has 2 rings (SSSR count). The number of nitrogens with one attached hydrogen (secondary N) is 2. The van der Waals surface area contributed by atoms with Crippen molar-refractivity contribution in [2.45, 2.75) is 19.3 Å². The molecule has 0 bridgehead atoms. The lowest BCUT2D eigenvalue weighted by atomic mass is 10.2. The van der Waals surface area contributed by atoms with Gasteiger partial charge in [0.1, 0.15) is 11.6 Å². The zero-order valence-electron chi connectivity index (χ0n) is 14.4. The molecule has 0 aliphatic rings. The Balaban J connectivity index is 1.59. The summed E-state index contributed by atoms with van der Waals surface area (Å²) in [5.74, 6) is -1.66. The molecule has 2 aromatic carbocycles. The Morgan fingerprint density at radius 3 is 1.48 bits per heavy atom. The van der Waals surface area contributed by atoms with Crippen molar-refractivity contribution in [3.63, 3.8) is 0 Å². The van der Waals surface area contributed by atoms with Gasteiger partial charge in [-0.15, -0.1) is 0 Å². The summed E-state index contributed by atoms with van der Waals surface area (Å²) >= 11 is 0. The third-order valence-electron chi connectivity index (χ3n) is 3.39. The fraction of sp³-hybridized carbons (Fsp3) is 0.158. The molecule has 0 heterocycles. The van der Waals surface area contributed by atoms with Gasteiger partial charge in [0.2, 0.25) is 0 Å². The highest BCUT2D eigenvalue weighted by atomic mass is 19.1. The van der Waals surface area contributed by atoms with Crippen molar-refractivity contribution in [3.05, 3.63) is 71.3 Å². The molecule has 0 atom stereocenters. The van der Waals surface area contributed by atoms with Gasteiger partial charge in [0.15, 0.2) is 0 Å². The van der Waals surface area contributed by atoms with Crippen LogP contribution in [-0.4, -0.2) is 24.2 Å². The lowest BCUT2D eigenvalue weighted by Gasteiger charge is -1.99. The zero-order valence-corrected chi connectivity index (χ0v) is 14.4. The fourth-order valence-corrected chi connectivity index (χ4v) is 1.97. The van der Waals surface area contributed by atoms with Gasteiger partial charge in [-0.3, -0.25) is 9.59 Å². The highest BCUT2D eigenvalue weighted by molar-refractivity contribution is 5.94. The van der Waals surface area contributed by atoms with Crippen LogP contribution in [0.5, 0.6) is 0 Å². The highest BCUT2D eigenvalue weighted by Gasteiger charge is 2.04. The number of carbonyl (C=O) groups excluding carboxylic acids is 2. The molecule has 2 N–H and O–H groups in total. The number of unbranched alkanes of at least 4 members (excludes halogenated alkanes) is 2. The molecular formula is C19H18F2N4O2. The van der Waals surface area contributed by atoms with Crippen molar-refractivity contribution in [3.8, 4) is 0 Å². The van der Waals surface area contributed by atoms with Crippen molar-refractivity contribution >= 4 is 24.2 Å². The predicted molar refractivity (Wildman–Crippen MR) is 98.6 cm³/mol. The number of hydrazone groups is 2. The maximum Gasteiger partial charge on any atom is 0.271 e. The number of amides is 2. The molecule has 0 saturated heterocycles. The largest absolute Gasteiger partial charge is 0.271 e. The first-order chi connectivity index (χ1) is 13.1. The minimum absolute atomic E-state index is 0.317. The molecule has 2 aromatic rings. The number of rotatable bonds is 8. The van der Waals surface area contributed by atoms with Gasteiger partial charge in [0.05, 0.1) is 0 Å². The van der Waals surface area contributed by atoms with Crippen LogP contribution in [0.25, 0.3) is 0 Å². The number of benzene rings is 2. The minimum Gasteiger partial charge on any atom is -0.267 e. The second-order valence-corrected chi connectivity index (χ2v) is 5.45. The molecule has 27 heavy (non-hydrogen) atoms. The molecule has 0 spiro atoms. The smallest absolute Gasteiger partial charge is 0.267 e. The van der Waals surface area contributed by atoms with E-state index in [2.05, 4.69) is 21.1 Å². The van der Waals surface area contributed by atoms with Gasteiger partial charge < -0.3 is 0 Å². The van der Waals surface area contributed by atoms with Crippen LogP contribution in [0.15, 0.2) is 58.7 Å². The fourth-order valence-electron chi connectivity index (χ4n) is 1.97. The van der Waals surface area contributed by atoms with Crippen molar-refractivity contribution in [1.29, 1.82) is 0 Å². The molecule has 0 aromatic heterocycles. The van der Waals surface area contributed by atoms with Crippen LogP contribution in [-0.2, 0) is 0 Å². The third kappa shape index (κ3) is 7.15. The molecule has 0 unspecified atom stereocenters. The van der Waals surface area contributed by atoms with Crippen molar-refractivity contribution in [2.24, 2.45) is 10.2 Å². The van der Waals surface area contributed by atoms with Gasteiger partial charge in [0, 0.05) is 23.6 Å². The first-order valence-corrected chi connectivity index (χ1v) is 8.21. The van der Waals surface area contributed by atoms with E-state index in [9.17, 15) is 18.4 Å². The van der Waals surface area contributed by atoms with Crippen LogP contribution in [0.4, 0.5) is 8.78 Å². The summed E-state index contributed by atoms with van der Waals surface area (Å²) in [5, 5.41) is 7.60. The number of halogens is 2. The van der Waals surface area contributed by atoms with E-state index in [4.69, 9.17) is 0 Å². The Hall–Kier alpha value is -3.42. The van der Waals surface area contributed by atoms with Gasteiger partial charge in [-0.2, -0.15) is 10.2 Å². The van der Waals surface area contributed by atoms with Crippen LogP contribution >= 0.6 is 0 Å². The number of hydrogen-bond acceptors (Lipinski definition) is 4. The molecule has 140 valence electrons. The van der Waals surface area contributed by atoms with Crippen molar-refractivity contribution < 1.29 is 18.4 Å². The van der Waals surface area contributed by atoms with Crippen LogP contribution in [0.2, 0.25) is 0 Å². The predicted octanol–water partition coefficient (Wildman–Crippen LogP) is 3.27. The van der Waals surface area contributed by atoms with Crippen LogP contribution in [0.1, 0.15) is 40.0 Å². The van der Waals surface area contributed by atoms with E-state index in [-0.39, 0.29) is 0 Å². The lowest BCUT2D eigenvalue weighted by molar-refractivity contribution is 0.0947. The minimum atomic E-state index is -0.420. The highest BCUT2D eigenvalue weighted by Crippen LogP contribution is 2.03. The van der Waals surface area contributed by atoms with E-state index in [1.54, 1.807) is 12.4 Å². The zero-order chi connectivity index (χ0) is 19.5. The lowest BCUT2D eigenvalue weighted by Crippen LogP contribution is -2.17. The summed E-state index contributed by atoms with van der Waals surface area (Å²) in [6.07, 6.45) is 5.01. The summed E-state index contributed by atoms with van der Waals surface area (Å²) in [4.78, 5) is 23.4. The van der Waals surface area contributed by atoms with Crippen molar-refractivity contribution in [2.75, 3.05) is 0 Å².